The molecule has 0 aromatic heterocycles. The van der Waals surface area contributed by atoms with Gasteiger partial charge in [0.2, 0.25) is 0 Å². The number of hydrogen-bond acceptors (Lipinski definition) is 12. The zero-order valence-electron chi connectivity index (χ0n) is 30.2. The summed E-state index contributed by atoms with van der Waals surface area (Å²) in [6.07, 6.45) is 4.13. The van der Waals surface area contributed by atoms with Gasteiger partial charge in [0.25, 0.3) is 0 Å². The van der Waals surface area contributed by atoms with E-state index in [0.717, 1.165) is 0 Å². The summed E-state index contributed by atoms with van der Waals surface area (Å²) in [5.74, 6) is -1.93. The Morgan fingerprint density at radius 1 is 0.509 bits per heavy atom. The van der Waals surface area contributed by atoms with Crippen LogP contribution in [0.25, 0.3) is 0 Å². The van der Waals surface area contributed by atoms with Gasteiger partial charge in [-0.3, -0.25) is 9.59 Å². The molecule has 12 heteroatoms. The summed E-state index contributed by atoms with van der Waals surface area (Å²) in [5, 5.41) is 0. The van der Waals surface area contributed by atoms with Crippen molar-refractivity contribution in [1.29, 1.82) is 0 Å². The minimum absolute atomic E-state index is 0.189. The van der Waals surface area contributed by atoms with Gasteiger partial charge in [-0.15, -0.1) is 0 Å². The first-order valence-electron chi connectivity index (χ1n) is 17.1. The average Bonchev–Trinajstić information content (AvgIpc) is 3.12. The maximum Gasteiger partial charge on any atom is 0.343 e. The molecule has 0 unspecified atom stereocenters. The highest BCUT2D eigenvalue weighted by Gasteiger charge is 2.15. The van der Waals surface area contributed by atoms with Crippen LogP contribution in [0.15, 0.2) is 91.0 Å². The highest BCUT2D eigenvalue weighted by Crippen LogP contribution is 2.26. The molecule has 0 aliphatic heterocycles. The van der Waals surface area contributed by atoms with Crippen LogP contribution in [0, 0.1) is 6.92 Å². The third kappa shape index (κ3) is 15.0. The summed E-state index contributed by atoms with van der Waals surface area (Å²) in [5.41, 5.74) is 1.68. The zero-order chi connectivity index (χ0) is 38.8. The van der Waals surface area contributed by atoms with E-state index in [9.17, 15) is 28.8 Å². The lowest BCUT2D eigenvalue weighted by molar-refractivity contribution is -0.140. The van der Waals surface area contributed by atoms with Crippen molar-refractivity contribution in [3.8, 4) is 23.0 Å². The van der Waals surface area contributed by atoms with Gasteiger partial charge in [-0.25, -0.2) is 19.2 Å². The van der Waals surface area contributed by atoms with Gasteiger partial charge in [0.15, 0.2) is 0 Å². The minimum atomic E-state index is -0.637. The van der Waals surface area contributed by atoms with E-state index in [4.69, 9.17) is 28.4 Å². The van der Waals surface area contributed by atoms with Crippen molar-refractivity contribution in [1.82, 2.24) is 0 Å². The zero-order valence-corrected chi connectivity index (χ0v) is 30.2. The average molecular weight is 729 g/mol. The summed E-state index contributed by atoms with van der Waals surface area (Å²) in [6.45, 7) is 12.4. The number of ether oxygens (including phenoxy) is 6. The van der Waals surface area contributed by atoms with Crippen molar-refractivity contribution in [3.05, 3.63) is 108 Å². The van der Waals surface area contributed by atoms with Crippen LogP contribution in [-0.4, -0.2) is 49.0 Å². The van der Waals surface area contributed by atoms with Crippen LogP contribution in [0.1, 0.15) is 91.5 Å². The summed E-state index contributed by atoms with van der Waals surface area (Å²) < 4.78 is 31.7. The van der Waals surface area contributed by atoms with Gasteiger partial charge in [-0.2, -0.15) is 0 Å². The molecule has 0 radical (unpaired) electrons. The molecular formula is C41H44O12. The fourth-order valence-corrected chi connectivity index (χ4v) is 4.48. The van der Waals surface area contributed by atoms with E-state index in [1.807, 2.05) is 0 Å². The second-order valence-corrected chi connectivity index (χ2v) is 12.2. The number of carbonyl (C=O) groups excluding carboxylic acids is 6. The second-order valence-electron chi connectivity index (χ2n) is 12.2. The Balaban J connectivity index is 1.39. The van der Waals surface area contributed by atoms with Crippen LogP contribution in [0.4, 0.5) is 0 Å². The van der Waals surface area contributed by atoms with E-state index >= 15 is 0 Å². The number of unbranched alkanes of at least 4 members (excludes halogenated alkanes) is 4. The van der Waals surface area contributed by atoms with Crippen molar-refractivity contribution in [2.45, 2.75) is 72.1 Å². The molecule has 12 nitrogen and oxygen atoms in total. The Morgan fingerprint density at radius 2 is 0.925 bits per heavy atom. The smallest absolute Gasteiger partial charge is 0.343 e. The number of rotatable bonds is 20. The molecule has 0 aliphatic rings. The van der Waals surface area contributed by atoms with Gasteiger partial charge in [0, 0.05) is 24.0 Å². The Labute approximate surface area is 308 Å². The molecule has 0 saturated carbocycles. The van der Waals surface area contributed by atoms with Crippen LogP contribution in [0.3, 0.4) is 0 Å². The highest BCUT2D eigenvalue weighted by atomic mass is 16.6. The number of aryl methyl sites for hydroxylation is 1. The maximum absolute atomic E-state index is 12.8. The van der Waals surface area contributed by atoms with E-state index in [2.05, 4.69) is 13.2 Å². The van der Waals surface area contributed by atoms with E-state index in [0.29, 0.717) is 55.2 Å². The van der Waals surface area contributed by atoms with Crippen molar-refractivity contribution < 1.29 is 57.2 Å². The van der Waals surface area contributed by atoms with E-state index in [1.54, 1.807) is 26.8 Å². The fourth-order valence-electron chi connectivity index (χ4n) is 4.48. The van der Waals surface area contributed by atoms with Gasteiger partial charge in [-0.1, -0.05) is 13.2 Å². The van der Waals surface area contributed by atoms with Gasteiger partial charge in [0.05, 0.1) is 24.3 Å². The summed E-state index contributed by atoms with van der Waals surface area (Å²) in [6, 6.07) is 16.4. The molecule has 53 heavy (non-hydrogen) atoms. The van der Waals surface area contributed by atoms with Crippen LogP contribution < -0.4 is 18.9 Å². The van der Waals surface area contributed by atoms with E-state index < -0.39 is 35.8 Å². The molecule has 3 aromatic rings. The standard InChI is InChI=1S/C41H44O12/c1-27(2)38(44)48-24-10-6-8-12-36(42)50-32-18-14-30(15-19-32)40(46)52-34-22-23-35(29(5)26-34)53-41(47)31-16-20-33(21-17-31)51-37(43)13-9-7-11-25-49-39(45)28(3)4/h14-23,26H,1,3,6-13,24-25H2,2,4-5H3. The van der Waals surface area contributed by atoms with Crippen molar-refractivity contribution in [2.24, 2.45) is 0 Å². The number of benzene rings is 3. The first-order valence-corrected chi connectivity index (χ1v) is 17.1. The lowest BCUT2D eigenvalue weighted by atomic mass is 10.2. The Hall–Kier alpha value is -6.04. The number of esters is 6. The quantitative estimate of drug-likeness (QED) is 0.0486. The van der Waals surface area contributed by atoms with E-state index in [1.165, 1.54) is 60.7 Å². The highest BCUT2D eigenvalue weighted by molar-refractivity contribution is 5.92. The number of hydrogen-bond donors (Lipinski definition) is 0. The predicted octanol–water partition coefficient (Wildman–Crippen LogP) is 7.60. The molecule has 0 fully saturated rings. The Bertz CT molecular complexity index is 1790. The topological polar surface area (TPSA) is 158 Å². The van der Waals surface area contributed by atoms with Crippen molar-refractivity contribution in [3.63, 3.8) is 0 Å². The largest absolute Gasteiger partial charge is 0.462 e. The minimum Gasteiger partial charge on any atom is -0.462 e. The third-order valence-corrected chi connectivity index (χ3v) is 7.42. The molecule has 0 amide bonds. The SMILES string of the molecule is C=C(C)C(=O)OCCCCCC(=O)Oc1ccc(C(=O)Oc2ccc(OC(=O)c3ccc(OC(=O)CCCCCOC(=O)C(=C)C)cc3)c(C)c2)cc1. The monoisotopic (exact) mass is 728 g/mol. The van der Waals surface area contributed by atoms with Crippen LogP contribution in [0.5, 0.6) is 23.0 Å². The molecule has 0 heterocycles. The Morgan fingerprint density at radius 3 is 1.34 bits per heavy atom. The van der Waals surface area contributed by atoms with Gasteiger partial charge in [-0.05, 0) is 132 Å². The molecule has 0 spiro atoms. The Kier molecular flexibility index (Phi) is 16.7. The maximum atomic E-state index is 12.8. The fraction of sp³-hybridized carbons (Fsp3) is 0.317. The molecule has 0 bridgehead atoms. The second kappa shape index (κ2) is 21.4. The van der Waals surface area contributed by atoms with Crippen LogP contribution in [-0.2, 0) is 28.7 Å². The van der Waals surface area contributed by atoms with Crippen molar-refractivity contribution in [2.75, 3.05) is 13.2 Å². The molecule has 3 aromatic carbocycles. The summed E-state index contributed by atoms with van der Waals surface area (Å²) in [4.78, 5) is 72.6. The molecular weight excluding hydrogens is 684 g/mol. The molecule has 0 atom stereocenters. The lowest BCUT2D eigenvalue weighted by Gasteiger charge is -2.11. The molecule has 3 rings (SSSR count). The molecule has 280 valence electrons. The van der Waals surface area contributed by atoms with Crippen LogP contribution >= 0.6 is 0 Å². The van der Waals surface area contributed by atoms with Gasteiger partial charge in [0.1, 0.15) is 23.0 Å². The van der Waals surface area contributed by atoms with Crippen LogP contribution in [0.2, 0.25) is 0 Å². The predicted molar refractivity (Wildman–Crippen MR) is 194 cm³/mol. The summed E-state index contributed by atoms with van der Waals surface area (Å²) in [7, 11) is 0. The molecule has 0 N–H and O–H groups in total. The van der Waals surface area contributed by atoms with Crippen molar-refractivity contribution >= 4 is 35.8 Å². The first-order chi connectivity index (χ1) is 25.3. The molecule has 0 aliphatic carbocycles. The third-order valence-electron chi connectivity index (χ3n) is 7.42. The van der Waals surface area contributed by atoms with E-state index in [-0.39, 0.29) is 60.2 Å². The lowest BCUT2D eigenvalue weighted by Crippen LogP contribution is -2.11. The number of carbonyl (C=O) groups is 6. The normalized spacial score (nSPS) is 10.4. The van der Waals surface area contributed by atoms with Gasteiger partial charge < -0.3 is 28.4 Å². The molecule has 0 saturated heterocycles. The van der Waals surface area contributed by atoms with Gasteiger partial charge >= 0.3 is 35.8 Å². The first kappa shape index (κ1) is 41.4. The summed E-state index contributed by atoms with van der Waals surface area (Å²) >= 11 is 0.